The highest BCUT2D eigenvalue weighted by Gasteiger charge is 2.05. The Labute approximate surface area is 166 Å². The Morgan fingerprint density at radius 3 is 2.18 bits per heavy atom. The molecule has 0 spiro atoms. The summed E-state index contributed by atoms with van der Waals surface area (Å²) in [7, 11) is 1.64. The lowest BCUT2D eigenvalue weighted by Crippen LogP contribution is -2.31. The zero-order valence-electron chi connectivity index (χ0n) is 16.7. The number of nitrogens with one attached hydrogen (secondary N) is 3. The number of rotatable bonds is 10. The molecule has 6 heteroatoms. The van der Waals surface area contributed by atoms with Crippen molar-refractivity contribution in [1.82, 2.24) is 10.6 Å². The van der Waals surface area contributed by atoms with E-state index in [1.54, 1.807) is 7.11 Å². The summed E-state index contributed by atoms with van der Waals surface area (Å²) in [4.78, 5) is 23.7. The lowest BCUT2D eigenvalue weighted by molar-refractivity contribution is -0.121. The zero-order chi connectivity index (χ0) is 20.4. The molecule has 6 nitrogen and oxygen atoms in total. The Balaban J connectivity index is 1.68. The topological polar surface area (TPSA) is 79.5 Å². The van der Waals surface area contributed by atoms with Crippen LogP contribution in [0.5, 0.6) is 5.75 Å². The summed E-state index contributed by atoms with van der Waals surface area (Å²) in [5, 5.41) is 8.86. The van der Waals surface area contributed by atoms with Crippen LogP contribution in [0, 0.1) is 0 Å². The Morgan fingerprint density at radius 2 is 1.57 bits per heavy atom. The van der Waals surface area contributed by atoms with Gasteiger partial charge < -0.3 is 20.7 Å². The average molecular weight is 383 g/mol. The molecule has 3 N–H and O–H groups in total. The van der Waals surface area contributed by atoms with Gasteiger partial charge in [-0.05, 0) is 55.7 Å². The molecule has 0 aliphatic rings. The molecule has 2 amide bonds. The summed E-state index contributed by atoms with van der Waals surface area (Å²) < 4.78 is 5.13. The maximum atomic E-state index is 12.0. The maximum Gasteiger partial charge on any atom is 0.239 e. The first-order valence-corrected chi connectivity index (χ1v) is 9.48. The second kappa shape index (κ2) is 11.0. The Hall–Kier alpha value is -3.02. The molecule has 0 heterocycles. The fraction of sp³-hybridized carbons (Fsp3) is 0.364. The predicted molar refractivity (Wildman–Crippen MR) is 112 cm³/mol. The minimum Gasteiger partial charge on any atom is -0.497 e. The van der Waals surface area contributed by atoms with Crippen LogP contribution in [0.1, 0.15) is 25.0 Å². The third-order valence-corrected chi connectivity index (χ3v) is 4.12. The van der Waals surface area contributed by atoms with Crippen LogP contribution in [0.4, 0.5) is 5.69 Å². The first kappa shape index (κ1) is 21.3. The monoisotopic (exact) mass is 383 g/mol. The fourth-order valence-electron chi connectivity index (χ4n) is 2.68. The van der Waals surface area contributed by atoms with Crippen LogP contribution in [0.25, 0.3) is 0 Å². The molecule has 2 rings (SSSR count). The minimum absolute atomic E-state index is 0.00643. The standard InChI is InChI=1S/C22H29N3O3/c1-16(2)25-21(26)14-18-4-8-19(9-5-18)24-15-22(27)23-13-12-17-6-10-20(28-3)11-7-17/h4-11,16,24H,12-15H2,1-3H3,(H,23,27)(H,25,26). The van der Waals surface area contributed by atoms with Crippen molar-refractivity contribution in [3.05, 3.63) is 59.7 Å². The average Bonchev–Trinajstić information content (AvgIpc) is 2.67. The van der Waals surface area contributed by atoms with Gasteiger partial charge in [-0.2, -0.15) is 0 Å². The number of carbonyl (C=O) groups is 2. The fourth-order valence-corrected chi connectivity index (χ4v) is 2.68. The van der Waals surface area contributed by atoms with Crippen LogP contribution in [-0.2, 0) is 22.4 Å². The van der Waals surface area contributed by atoms with E-state index in [2.05, 4.69) is 16.0 Å². The summed E-state index contributed by atoms with van der Waals surface area (Å²) >= 11 is 0. The van der Waals surface area contributed by atoms with E-state index >= 15 is 0 Å². The summed E-state index contributed by atoms with van der Waals surface area (Å²) in [6, 6.07) is 15.5. The maximum absolute atomic E-state index is 12.0. The van der Waals surface area contributed by atoms with Crippen LogP contribution in [0.3, 0.4) is 0 Å². The molecule has 2 aromatic rings. The highest BCUT2D eigenvalue weighted by molar-refractivity contribution is 5.81. The van der Waals surface area contributed by atoms with Gasteiger partial charge in [-0.1, -0.05) is 24.3 Å². The normalized spacial score (nSPS) is 10.4. The minimum atomic E-state index is -0.0612. The van der Waals surface area contributed by atoms with Gasteiger partial charge in [-0.3, -0.25) is 9.59 Å². The van der Waals surface area contributed by atoms with Gasteiger partial charge in [-0.25, -0.2) is 0 Å². The van der Waals surface area contributed by atoms with Crippen LogP contribution >= 0.6 is 0 Å². The summed E-state index contributed by atoms with van der Waals surface area (Å²) in [5.41, 5.74) is 2.93. The number of benzene rings is 2. The van der Waals surface area contributed by atoms with Crippen molar-refractivity contribution in [2.24, 2.45) is 0 Å². The quantitative estimate of drug-likeness (QED) is 0.589. The van der Waals surface area contributed by atoms with E-state index < -0.39 is 0 Å². The van der Waals surface area contributed by atoms with Crippen LogP contribution in [0.15, 0.2) is 48.5 Å². The van der Waals surface area contributed by atoms with Crippen LogP contribution < -0.4 is 20.7 Å². The molecule has 0 radical (unpaired) electrons. The second-order valence-electron chi connectivity index (χ2n) is 6.90. The molecule has 0 saturated carbocycles. The highest BCUT2D eigenvalue weighted by atomic mass is 16.5. The van der Waals surface area contributed by atoms with Crippen LogP contribution in [-0.4, -0.2) is 38.1 Å². The van der Waals surface area contributed by atoms with E-state index in [0.29, 0.717) is 13.0 Å². The van der Waals surface area contributed by atoms with Gasteiger partial charge in [0.2, 0.25) is 11.8 Å². The number of anilines is 1. The third kappa shape index (κ3) is 7.70. The van der Waals surface area contributed by atoms with E-state index in [-0.39, 0.29) is 24.4 Å². The summed E-state index contributed by atoms with van der Waals surface area (Å²) in [5.74, 6) is 0.768. The second-order valence-corrected chi connectivity index (χ2v) is 6.90. The number of hydrogen-bond donors (Lipinski definition) is 3. The van der Waals surface area contributed by atoms with Crippen molar-refractivity contribution in [2.75, 3.05) is 25.5 Å². The van der Waals surface area contributed by atoms with Crippen molar-refractivity contribution in [2.45, 2.75) is 32.7 Å². The molecule has 0 unspecified atom stereocenters. The summed E-state index contributed by atoms with van der Waals surface area (Å²) in [6.07, 6.45) is 1.12. The smallest absolute Gasteiger partial charge is 0.239 e. The SMILES string of the molecule is COc1ccc(CCNC(=O)CNc2ccc(CC(=O)NC(C)C)cc2)cc1. The van der Waals surface area contributed by atoms with Gasteiger partial charge in [0.15, 0.2) is 0 Å². The molecule has 0 aliphatic heterocycles. The molecule has 0 aromatic heterocycles. The van der Waals surface area contributed by atoms with Crippen molar-refractivity contribution in [3.63, 3.8) is 0 Å². The van der Waals surface area contributed by atoms with Crippen molar-refractivity contribution in [1.29, 1.82) is 0 Å². The molecule has 0 fully saturated rings. The third-order valence-electron chi connectivity index (χ3n) is 4.12. The zero-order valence-corrected chi connectivity index (χ0v) is 16.7. The van der Waals surface area contributed by atoms with Gasteiger partial charge >= 0.3 is 0 Å². The van der Waals surface area contributed by atoms with Crippen molar-refractivity contribution >= 4 is 17.5 Å². The van der Waals surface area contributed by atoms with Crippen molar-refractivity contribution in [3.8, 4) is 5.75 Å². The molecule has 0 saturated heterocycles. The van der Waals surface area contributed by atoms with Gasteiger partial charge in [0.05, 0.1) is 20.1 Å². The van der Waals surface area contributed by atoms with Gasteiger partial charge in [0.1, 0.15) is 5.75 Å². The number of carbonyl (C=O) groups excluding carboxylic acids is 2. The number of amides is 2. The van der Waals surface area contributed by atoms with Crippen molar-refractivity contribution < 1.29 is 14.3 Å². The van der Waals surface area contributed by atoms with Gasteiger partial charge in [0.25, 0.3) is 0 Å². The van der Waals surface area contributed by atoms with Gasteiger partial charge in [0, 0.05) is 18.3 Å². The summed E-state index contributed by atoms with van der Waals surface area (Å²) in [6.45, 7) is 4.66. The Kier molecular flexibility index (Phi) is 8.34. The van der Waals surface area contributed by atoms with E-state index in [0.717, 1.165) is 29.0 Å². The number of hydrogen-bond acceptors (Lipinski definition) is 4. The molecular weight excluding hydrogens is 354 g/mol. The first-order chi connectivity index (χ1) is 13.5. The highest BCUT2D eigenvalue weighted by Crippen LogP contribution is 2.11. The van der Waals surface area contributed by atoms with E-state index in [1.165, 1.54) is 0 Å². The molecule has 0 atom stereocenters. The Bertz CT molecular complexity index is 756. The largest absolute Gasteiger partial charge is 0.497 e. The lowest BCUT2D eigenvalue weighted by Gasteiger charge is -2.10. The predicted octanol–water partition coefficient (Wildman–Crippen LogP) is 2.53. The van der Waals surface area contributed by atoms with Gasteiger partial charge in [-0.15, -0.1) is 0 Å². The molecule has 0 bridgehead atoms. The Morgan fingerprint density at radius 1 is 0.929 bits per heavy atom. The molecule has 28 heavy (non-hydrogen) atoms. The lowest BCUT2D eigenvalue weighted by atomic mass is 10.1. The molecule has 2 aromatic carbocycles. The molecular formula is C22H29N3O3. The number of methoxy groups -OCH3 is 1. The van der Waals surface area contributed by atoms with E-state index in [9.17, 15) is 9.59 Å². The first-order valence-electron chi connectivity index (χ1n) is 9.48. The van der Waals surface area contributed by atoms with Crippen LogP contribution in [0.2, 0.25) is 0 Å². The molecule has 150 valence electrons. The molecule has 0 aliphatic carbocycles. The van der Waals surface area contributed by atoms with E-state index in [1.807, 2.05) is 62.4 Å². The number of ether oxygens (including phenoxy) is 1. The van der Waals surface area contributed by atoms with E-state index in [4.69, 9.17) is 4.74 Å².